The van der Waals surface area contributed by atoms with Crippen molar-refractivity contribution in [2.75, 3.05) is 6.79 Å². The number of nitrogens with zero attached hydrogens (tertiary/aromatic N) is 4. The first-order chi connectivity index (χ1) is 15.7. The van der Waals surface area contributed by atoms with Crippen LogP contribution in [0.1, 0.15) is 5.56 Å². The van der Waals surface area contributed by atoms with Gasteiger partial charge in [0.15, 0.2) is 11.5 Å². The van der Waals surface area contributed by atoms with Crippen molar-refractivity contribution in [3.8, 4) is 34.4 Å². The molecule has 32 heavy (non-hydrogen) atoms. The molecule has 0 aliphatic carbocycles. The highest BCUT2D eigenvalue weighted by Crippen LogP contribution is 2.38. The molecular weight excluding hydrogens is 407 g/mol. The summed E-state index contributed by atoms with van der Waals surface area (Å²) in [4.78, 5) is 8.91. The monoisotopic (exact) mass is 422 g/mol. The number of halogens is 1. The Kier molecular flexibility index (Phi) is 4.05. The van der Waals surface area contributed by atoms with Gasteiger partial charge in [-0.15, -0.1) is 0 Å². The number of imidazole rings is 1. The predicted molar refractivity (Wildman–Crippen MR) is 117 cm³/mol. The summed E-state index contributed by atoms with van der Waals surface area (Å²) in [5, 5.41) is 9.70. The summed E-state index contributed by atoms with van der Waals surface area (Å²) in [5.41, 5.74) is 5.07. The minimum atomic E-state index is -0.366. The van der Waals surface area contributed by atoms with E-state index in [2.05, 4.69) is 16.0 Å². The maximum Gasteiger partial charge on any atom is 0.231 e. The lowest BCUT2D eigenvalue weighted by Crippen LogP contribution is -1.95. The molecule has 0 radical (unpaired) electrons. The normalized spacial score (nSPS) is 12.4. The second-order valence-electron chi connectivity index (χ2n) is 7.53. The van der Waals surface area contributed by atoms with E-state index in [1.54, 1.807) is 30.7 Å². The number of pyridine rings is 1. The lowest BCUT2D eigenvalue weighted by atomic mass is 10.0. The molecule has 3 aromatic carbocycles. The molecule has 5 aromatic rings. The summed E-state index contributed by atoms with van der Waals surface area (Å²) < 4.78 is 27.8. The Morgan fingerprint density at radius 2 is 1.81 bits per heavy atom. The van der Waals surface area contributed by atoms with Crippen molar-refractivity contribution in [2.45, 2.75) is 6.42 Å². The number of nitriles is 1. The molecule has 0 bridgehead atoms. The second kappa shape index (κ2) is 7.06. The van der Waals surface area contributed by atoms with Gasteiger partial charge in [-0.1, -0.05) is 18.2 Å². The Morgan fingerprint density at radius 1 is 0.969 bits per heavy atom. The maximum atomic E-state index is 15.1. The average molecular weight is 422 g/mol. The highest BCUT2D eigenvalue weighted by molar-refractivity contribution is 6.04. The van der Waals surface area contributed by atoms with Crippen molar-refractivity contribution < 1.29 is 13.9 Å². The highest BCUT2D eigenvalue weighted by atomic mass is 19.1. The van der Waals surface area contributed by atoms with E-state index in [9.17, 15) is 0 Å². The maximum absolute atomic E-state index is 15.1. The number of hydrogen-bond donors (Lipinski definition) is 0. The SMILES string of the molecule is N#CCc1ccc(-n2cnc3cnc4cc(F)c(-c5ccc6c(c5)OCO6)cc4c32)cc1. The number of aromatic nitrogens is 3. The fraction of sp³-hybridized carbons (Fsp3) is 0.0800. The third-order valence-corrected chi connectivity index (χ3v) is 5.64. The summed E-state index contributed by atoms with van der Waals surface area (Å²) in [7, 11) is 0. The molecular formula is C25H15FN4O2. The van der Waals surface area contributed by atoms with Crippen molar-refractivity contribution in [3.05, 3.63) is 78.5 Å². The Morgan fingerprint density at radius 3 is 2.66 bits per heavy atom. The van der Waals surface area contributed by atoms with Crippen LogP contribution in [0.15, 0.2) is 67.1 Å². The number of rotatable bonds is 3. The van der Waals surface area contributed by atoms with Crippen LogP contribution >= 0.6 is 0 Å². The van der Waals surface area contributed by atoms with Crippen LogP contribution in [0, 0.1) is 17.1 Å². The van der Waals surface area contributed by atoms with Gasteiger partial charge in [0.25, 0.3) is 0 Å². The zero-order chi connectivity index (χ0) is 21.7. The smallest absolute Gasteiger partial charge is 0.231 e. The van der Waals surface area contributed by atoms with Gasteiger partial charge >= 0.3 is 0 Å². The number of ether oxygens (including phenoxy) is 2. The number of hydrogen-bond acceptors (Lipinski definition) is 5. The molecule has 154 valence electrons. The van der Waals surface area contributed by atoms with E-state index in [-0.39, 0.29) is 12.6 Å². The van der Waals surface area contributed by atoms with Gasteiger partial charge in [-0.25, -0.2) is 9.37 Å². The zero-order valence-corrected chi connectivity index (χ0v) is 16.7. The van der Waals surface area contributed by atoms with Crippen LogP contribution in [-0.4, -0.2) is 21.3 Å². The highest BCUT2D eigenvalue weighted by Gasteiger charge is 2.18. The van der Waals surface area contributed by atoms with Gasteiger partial charge in [-0.3, -0.25) is 9.55 Å². The molecule has 2 aromatic heterocycles. The lowest BCUT2D eigenvalue weighted by Gasteiger charge is -2.10. The molecule has 7 heteroatoms. The molecule has 1 aliphatic heterocycles. The fourth-order valence-corrected chi connectivity index (χ4v) is 4.06. The molecule has 0 unspecified atom stereocenters. The van der Waals surface area contributed by atoms with Gasteiger partial charge in [0, 0.05) is 22.7 Å². The molecule has 6 rings (SSSR count). The van der Waals surface area contributed by atoms with Gasteiger partial charge in [-0.05, 0) is 41.5 Å². The first-order valence-corrected chi connectivity index (χ1v) is 10.0. The molecule has 1 aliphatic rings. The third kappa shape index (κ3) is 2.85. The summed E-state index contributed by atoms with van der Waals surface area (Å²) in [6.45, 7) is 0.163. The Bertz CT molecular complexity index is 1550. The molecule has 0 saturated heterocycles. The fourth-order valence-electron chi connectivity index (χ4n) is 4.06. The van der Waals surface area contributed by atoms with Gasteiger partial charge in [0.2, 0.25) is 6.79 Å². The van der Waals surface area contributed by atoms with E-state index in [1.807, 2.05) is 34.9 Å². The zero-order valence-electron chi connectivity index (χ0n) is 16.7. The van der Waals surface area contributed by atoms with Crippen molar-refractivity contribution in [1.82, 2.24) is 14.5 Å². The van der Waals surface area contributed by atoms with Gasteiger partial charge < -0.3 is 9.47 Å². The summed E-state index contributed by atoms with van der Waals surface area (Å²) >= 11 is 0. The van der Waals surface area contributed by atoms with Crippen LogP contribution in [0.25, 0.3) is 38.8 Å². The van der Waals surface area contributed by atoms with E-state index < -0.39 is 0 Å². The molecule has 0 amide bonds. The predicted octanol–water partition coefficient (Wildman–Crippen LogP) is 5.17. The minimum absolute atomic E-state index is 0.163. The van der Waals surface area contributed by atoms with E-state index >= 15 is 4.39 Å². The van der Waals surface area contributed by atoms with E-state index in [1.165, 1.54) is 6.07 Å². The number of benzene rings is 3. The van der Waals surface area contributed by atoms with Crippen LogP contribution in [0.4, 0.5) is 4.39 Å². The molecule has 0 N–H and O–H groups in total. The van der Waals surface area contributed by atoms with Crippen LogP contribution in [-0.2, 0) is 6.42 Å². The van der Waals surface area contributed by atoms with Gasteiger partial charge in [0.05, 0.1) is 29.7 Å². The molecule has 0 fully saturated rings. The minimum Gasteiger partial charge on any atom is -0.454 e. The Hall–Kier alpha value is -4.44. The van der Waals surface area contributed by atoms with Gasteiger partial charge in [0.1, 0.15) is 17.7 Å². The van der Waals surface area contributed by atoms with E-state index in [4.69, 9.17) is 14.7 Å². The Labute approximate surface area is 182 Å². The third-order valence-electron chi connectivity index (χ3n) is 5.64. The Balaban J connectivity index is 1.55. The molecule has 0 atom stereocenters. The van der Waals surface area contributed by atoms with Crippen LogP contribution < -0.4 is 9.47 Å². The van der Waals surface area contributed by atoms with Crippen LogP contribution in [0.2, 0.25) is 0 Å². The van der Waals surface area contributed by atoms with Crippen molar-refractivity contribution >= 4 is 21.9 Å². The first kappa shape index (κ1) is 18.3. The average Bonchev–Trinajstić information content (AvgIpc) is 3.46. The van der Waals surface area contributed by atoms with E-state index in [0.29, 0.717) is 40.1 Å². The summed E-state index contributed by atoms with van der Waals surface area (Å²) in [6.07, 6.45) is 3.74. The molecule has 0 saturated carbocycles. The standard InChI is InChI=1S/C25H15FN4O2/c26-20-11-21-19(10-18(20)16-3-6-23-24(9-16)32-14-31-23)25-22(12-28-21)29-13-30(25)17-4-1-15(2-5-17)7-8-27/h1-6,9-13H,7,14H2. The largest absolute Gasteiger partial charge is 0.454 e. The molecule has 3 heterocycles. The molecule has 0 spiro atoms. The first-order valence-electron chi connectivity index (χ1n) is 10.0. The lowest BCUT2D eigenvalue weighted by molar-refractivity contribution is 0.174. The second-order valence-corrected chi connectivity index (χ2v) is 7.53. The summed E-state index contributed by atoms with van der Waals surface area (Å²) in [5.74, 6) is 0.882. The molecule has 6 nitrogen and oxygen atoms in total. The van der Waals surface area contributed by atoms with Crippen LogP contribution in [0.3, 0.4) is 0 Å². The quantitative estimate of drug-likeness (QED) is 0.401. The summed E-state index contributed by atoms with van der Waals surface area (Å²) in [6, 6.07) is 18.5. The van der Waals surface area contributed by atoms with Crippen molar-refractivity contribution in [1.29, 1.82) is 5.26 Å². The topological polar surface area (TPSA) is 73.0 Å². The van der Waals surface area contributed by atoms with Crippen molar-refractivity contribution in [3.63, 3.8) is 0 Å². The van der Waals surface area contributed by atoms with Crippen molar-refractivity contribution in [2.24, 2.45) is 0 Å². The van der Waals surface area contributed by atoms with Crippen LogP contribution in [0.5, 0.6) is 11.5 Å². The van der Waals surface area contributed by atoms with Gasteiger partial charge in [-0.2, -0.15) is 5.26 Å². The van der Waals surface area contributed by atoms with E-state index in [0.717, 1.165) is 22.2 Å². The number of fused-ring (bicyclic) bond motifs is 4.